The van der Waals surface area contributed by atoms with Crippen molar-refractivity contribution >= 4 is 15.9 Å². The fraction of sp³-hybridized carbons (Fsp3) is 0.462. The molecule has 1 aromatic carbocycles. The highest BCUT2D eigenvalue weighted by atomic mass is 32.2. The van der Waals surface area contributed by atoms with Crippen molar-refractivity contribution in [3.05, 3.63) is 29.8 Å². The van der Waals surface area contributed by atoms with Crippen molar-refractivity contribution in [2.24, 2.45) is 0 Å². The van der Waals surface area contributed by atoms with Gasteiger partial charge in [-0.05, 0) is 43.8 Å². The average Bonchev–Trinajstić information content (AvgIpc) is 2.46. The number of rotatable bonds is 8. The Labute approximate surface area is 120 Å². The summed E-state index contributed by atoms with van der Waals surface area (Å²) in [5.41, 5.74) is 0.429. The van der Waals surface area contributed by atoms with Crippen LogP contribution in [0.2, 0.25) is 0 Å². The maximum atomic E-state index is 12.0. The van der Waals surface area contributed by atoms with Crippen LogP contribution in [-0.2, 0) is 10.0 Å². The molecule has 7 heteroatoms. The van der Waals surface area contributed by atoms with E-state index >= 15 is 0 Å². The van der Waals surface area contributed by atoms with Crippen LogP contribution in [-0.4, -0.2) is 41.0 Å². The Hall–Kier alpha value is -1.44. The second kappa shape index (κ2) is 7.98. The molecule has 0 bridgehead atoms. The first-order valence-corrected chi connectivity index (χ1v) is 8.02. The Balaban J connectivity index is 2.61. The topological polar surface area (TPSA) is 87.3 Å². The van der Waals surface area contributed by atoms with Crippen molar-refractivity contribution in [3.8, 4) is 0 Å². The van der Waals surface area contributed by atoms with Crippen LogP contribution in [0, 0.1) is 0 Å². The highest BCUT2D eigenvalue weighted by Crippen LogP contribution is 2.10. The van der Waals surface area contributed by atoms with E-state index in [-0.39, 0.29) is 10.8 Å². The summed E-state index contributed by atoms with van der Waals surface area (Å²) in [7, 11) is -1.98. The molecular formula is C13H21N3O3S. The predicted octanol–water partition coefficient (Wildman–Crippen LogP) is 0.324. The smallest absolute Gasteiger partial charge is 0.251 e. The van der Waals surface area contributed by atoms with Gasteiger partial charge in [0.05, 0.1) is 4.90 Å². The summed E-state index contributed by atoms with van der Waals surface area (Å²) in [5.74, 6) is -0.243. The first-order valence-electron chi connectivity index (χ1n) is 6.53. The quantitative estimate of drug-likeness (QED) is 0.604. The van der Waals surface area contributed by atoms with Crippen LogP contribution in [0.15, 0.2) is 29.2 Å². The molecule has 6 nitrogen and oxygen atoms in total. The summed E-state index contributed by atoms with van der Waals surface area (Å²) in [5, 5.41) is 5.60. The largest absolute Gasteiger partial charge is 0.355 e. The number of nitrogens with one attached hydrogen (secondary N) is 3. The minimum absolute atomic E-state index is 0.161. The molecule has 0 unspecified atom stereocenters. The zero-order valence-electron chi connectivity index (χ0n) is 11.8. The summed E-state index contributed by atoms with van der Waals surface area (Å²) in [6.45, 7) is 4.02. The third kappa shape index (κ3) is 4.92. The van der Waals surface area contributed by atoms with E-state index in [0.717, 1.165) is 19.5 Å². The normalized spacial score (nSPS) is 11.3. The zero-order valence-corrected chi connectivity index (χ0v) is 12.6. The van der Waals surface area contributed by atoms with Crippen LogP contribution in [0.4, 0.5) is 0 Å². The van der Waals surface area contributed by atoms with Crippen LogP contribution in [0.1, 0.15) is 23.7 Å². The molecule has 0 atom stereocenters. The van der Waals surface area contributed by atoms with Gasteiger partial charge in [0, 0.05) is 19.2 Å². The molecule has 1 aromatic rings. The lowest BCUT2D eigenvalue weighted by atomic mass is 10.2. The van der Waals surface area contributed by atoms with E-state index < -0.39 is 10.0 Å². The molecule has 0 saturated carbocycles. The monoisotopic (exact) mass is 299 g/mol. The summed E-state index contributed by atoms with van der Waals surface area (Å²) >= 11 is 0. The molecule has 0 spiro atoms. The molecule has 0 aliphatic rings. The van der Waals surface area contributed by atoms with Gasteiger partial charge in [0.25, 0.3) is 5.91 Å². The average molecular weight is 299 g/mol. The van der Waals surface area contributed by atoms with Crippen LogP contribution in [0.25, 0.3) is 0 Å². The minimum Gasteiger partial charge on any atom is -0.355 e. The van der Waals surface area contributed by atoms with Crippen LogP contribution >= 0.6 is 0 Å². The van der Waals surface area contributed by atoms with E-state index in [4.69, 9.17) is 0 Å². The number of hydrogen-bond acceptors (Lipinski definition) is 4. The van der Waals surface area contributed by atoms with Gasteiger partial charge in [-0.1, -0.05) is 6.92 Å². The number of carbonyl (C=O) groups excluding carboxylic acids is 1. The van der Waals surface area contributed by atoms with E-state index in [1.807, 2.05) is 6.92 Å². The SMILES string of the molecule is CCNCCCNS(=O)(=O)c1ccc(C(=O)NC)cc1. The van der Waals surface area contributed by atoms with Crippen LogP contribution < -0.4 is 15.4 Å². The molecule has 0 aliphatic carbocycles. The van der Waals surface area contributed by atoms with Crippen molar-refractivity contribution in [1.29, 1.82) is 0 Å². The standard InChI is InChI=1S/C13H21N3O3S/c1-3-15-9-4-10-16-20(18,19)12-7-5-11(6-8-12)13(17)14-2/h5-8,15-16H,3-4,9-10H2,1-2H3,(H,14,17). The van der Waals surface area contributed by atoms with E-state index in [1.54, 1.807) is 0 Å². The maximum absolute atomic E-state index is 12.0. The Kier molecular flexibility index (Phi) is 6.63. The number of hydrogen-bond donors (Lipinski definition) is 3. The molecule has 0 heterocycles. The lowest BCUT2D eigenvalue weighted by molar-refractivity contribution is 0.0963. The summed E-state index contributed by atoms with van der Waals surface area (Å²) in [4.78, 5) is 11.5. The van der Waals surface area contributed by atoms with Gasteiger partial charge in [0.2, 0.25) is 10.0 Å². The summed E-state index contributed by atoms with van der Waals surface area (Å²) in [6.07, 6.45) is 0.726. The Morgan fingerprint density at radius 2 is 1.80 bits per heavy atom. The maximum Gasteiger partial charge on any atom is 0.251 e. The van der Waals surface area contributed by atoms with E-state index in [0.29, 0.717) is 12.1 Å². The Morgan fingerprint density at radius 1 is 1.15 bits per heavy atom. The minimum atomic E-state index is -3.51. The van der Waals surface area contributed by atoms with Gasteiger partial charge >= 0.3 is 0 Å². The predicted molar refractivity (Wildman–Crippen MR) is 78.2 cm³/mol. The third-order valence-electron chi connectivity index (χ3n) is 2.73. The van der Waals surface area contributed by atoms with Crippen LogP contribution in [0.3, 0.4) is 0 Å². The molecule has 0 fully saturated rings. The zero-order chi connectivity index (χ0) is 15.0. The fourth-order valence-corrected chi connectivity index (χ4v) is 2.68. The van der Waals surface area contributed by atoms with Crippen molar-refractivity contribution in [2.75, 3.05) is 26.7 Å². The number of sulfonamides is 1. The number of amides is 1. The molecular weight excluding hydrogens is 278 g/mol. The first-order chi connectivity index (χ1) is 9.51. The van der Waals surface area contributed by atoms with Gasteiger partial charge in [-0.2, -0.15) is 0 Å². The van der Waals surface area contributed by atoms with E-state index in [9.17, 15) is 13.2 Å². The van der Waals surface area contributed by atoms with Gasteiger partial charge in [-0.15, -0.1) is 0 Å². The molecule has 0 radical (unpaired) electrons. The van der Waals surface area contributed by atoms with Gasteiger partial charge in [0.15, 0.2) is 0 Å². The van der Waals surface area contributed by atoms with E-state index in [1.165, 1.54) is 31.3 Å². The molecule has 0 aliphatic heterocycles. The van der Waals surface area contributed by atoms with Gasteiger partial charge in [-0.3, -0.25) is 4.79 Å². The highest BCUT2D eigenvalue weighted by Gasteiger charge is 2.13. The van der Waals surface area contributed by atoms with Crippen molar-refractivity contribution in [2.45, 2.75) is 18.2 Å². The van der Waals surface area contributed by atoms with Gasteiger partial charge < -0.3 is 10.6 Å². The van der Waals surface area contributed by atoms with Gasteiger partial charge in [0.1, 0.15) is 0 Å². The number of carbonyl (C=O) groups is 1. The molecule has 3 N–H and O–H groups in total. The molecule has 0 aromatic heterocycles. The highest BCUT2D eigenvalue weighted by molar-refractivity contribution is 7.89. The molecule has 0 saturated heterocycles. The van der Waals surface area contributed by atoms with Crippen LogP contribution in [0.5, 0.6) is 0 Å². The third-order valence-corrected chi connectivity index (χ3v) is 4.20. The number of benzene rings is 1. The molecule has 1 amide bonds. The lowest BCUT2D eigenvalue weighted by Gasteiger charge is -2.07. The van der Waals surface area contributed by atoms with Gasteiger partial charge in [-0.25, -0.2) is 13.1 Å². The first kappa shape index (κ1) is 16.6. The van der Waals surface area contributed by atoms with E-state index in [2.05, 4.69) is 15.4 Å². The van der Waals surface area contributed by atoms with Crippen molar-refractivity contribution in [3.63, 3.8) is 0 Å². The molecule has 20 heavy (non-hydrogen) atoms. The fourth-order valence-electron chi connectivity index (χ4n) is 1.61. The lowest BCUT2D eigenvalue weighted by Crippen LogP contribution is -2.27. The molecule has 112 valence electrons. The van der Waals surface area contributed by atoms with Crippen molar-refractivity contribution < 1.29 is 13.2 Å². The second-order valence-corrected chi connectivity index (χ2v) is 5.98. The summed E-state index contributed by atoms with van der Waals surface area (Å²) in [6, 6.07) is 5.84. The van der Waals surface area contributed by atoms with Crippen molar-refractivity contribution in [1.82, 2.24) is 15.4 Å². The Bertz CT molecular complexity index is 526. The summed E-state index contributed by atoms with van der Waals surface area (Å²) < 4.78 is 26.5. The molecule has 1 rings (SSSR count). The second-order valence-electron chi connectivity index (χ2n) is 4.21. The Morgan fingerprint density at radius 3 is 2.35 bits per heavy atom.